The van der Waals surface area contributed by atoms with Crippen LogP contribution in [0.3, 0.4) is 0 Å². The first kappa shape index (κ1) is 17.8. The number of rotatable bonds is 6. The highest BCUT2D eigenvalue weighted by Gasteiger charge is 2.20. The number of esters is 1. The van der Waals surface area contributed by atoms with Gasteiger partial charge in [0.25, 0.3) is 10.0 Å². The molecule has 0 aliphatic rings. The molecule has 0 unspecified atom stereocenters. The molecule has 0 atom stereocenters. The molecule has 0 fully saturated rings. The molecule has 0 heterocycles. The Morgan fingerprint density at radius 3 is 2.58 bits per heavy atom. The van der Waals surface area contributed by atoms with E-state index >= 15 is 0 Å². The van der Waals surface area contributed by atoms with Crippen LogP contribution < -0.4 is 9.46 Å². The fourth-order valence-corrected chi connectivity index (χ4v) is 3.43. The molecule has 0 saturated carbocycles. The first-order valence-electron chi connectivity index (χ1n) is 7.32. The number of hydrogen-bond donors (Lipinski definition) is 1. The number of methoxy groups -OCH3 is 1. The van der Waals surface area contributed by atoms with E-state index in [2.05, 4.69) is 4.72 Å². The van der Waals surface area contributed by atoms with Crippen molar-refractivity contribution < 1.29 is 22.7 Å². The van der Waals surface area contributed by atoms with Crippen LogP contribution in [0.5, 0.6) is 5.75 Å². The maximum atomic E-state index is 12.6. The zero-order chi connectivity index (χ0) is 17.7. The lowest BCUT2D eigenvalue weighted by Gasteiger charge is -2.13. The average Bonchev–Trinajstić information content (AvgIpc) is 2.55. The Labute approximate surface area is 141 Å². The summed E-state index contributed by atoms with van der Waals surface area (Å²) in [7, 11) is -2.45. The summed E-state index contributed by atoms with van der Waals surface area (Å²) in [6, 6.07) is 11.0. The Kier molecular flexibility index (Phi) is 5.46. The fraction of sp³-hybridized carbons (Fsp3) is 0.235. The number of carbonyl (C=O) groups excluding carboxylic acids is 1. The summed E-state index contributed by atoms with van der Waals surface area (Å²) in [5.41, 5.74) is 1.33. The summed E-state index contributed by atoms with van der Waals surface area (Å²) in [5, 5.41) is 0. The fourth-order valence-electron chi connectivity index (χ4n) is 2.13. The van der Waals surface area contributed by atoms with Crippen LogP contribution in [0.1, 0.15) is 22.8 Å². The van der Waals surface area contributed by atoms with Crippen molar-refractivity contribution in [3.05, 3.63) is 53.6 Å². The predicted octanol–water partition coefficient (Wildman–Crippen LogP) is 2.98. The van der Waals surface area contributed by atoms with Crippen LogP contribution in [0.25, 0.3) is 0 Å². The van der Waals surface area contributed by atoms with E-state index in [1.165, 1.54) is 19.2 Å². The van der Waals surface area contributed by atoms with E-state index in [1.54, 1.807) is 44.2 Å². The topological polar surface area (TPSA) is 81.7 Å². The first-order valence-corrected chi connectivity index (χ1v) is 8.80. The maximum Gasteiger partial charge on any atom is 0.338 e. The van der Waals surface area contributed by atoms with Crippen LogP contribution in [0.4, 0.5) is 5.69 Å². The molecule has 0 bridgehead atoms. The zero-order valence-electron chi connectivity index (χ0n) is 13.7. The smallest absolute Gasteiger partial charge is 0.338 e. The number of hydrogen-bond acceptors (Lipinski definition) is 5. The zero-order valence-corrected chi connectivity index (χ0v) is 14.5. The summed E-state index contributed by atoms with van der Waals surface area (Å²) in [5.74, 6) is -0.263. The van der Waals surface area contributed by atoms with Gasteiger partial charge < -0.3 is 9.47 Å². The van der Waals surface area contributed by atoms with Gasteiger partial charge in [-0.3, -0.25) is 4.72 Å². The third kappa shape index (κ3) is 4.05. The minimum atomic E-state index is -3.86. The molecule has 7 heteroatoms. The number of benzene rings is 2. The SMILES string of the molecule is CCOC(=O)c1cccc(NS(=O)(=O)c2cc(C)ccc2OC)c1. The number of ether oxygens (including phenoxy) is 2. The minimum Gasteiger partial charge on any atom is -0.495 e. The molecule has 24 heavy (non-hydrogen) atoms. The number of carbonyl (C=O) groups is 1. The van der Waals surface area contributed by atoms with Crippen molar-refractivity contribution in [3.63, 3.8) is 0 Å². The van der Waals surface area contributed by atoms with E-state index in [0.29, 0.717) is 0 Å². The third-order valence-corrected chi connectivity index (χ3v) is 4.64. The van der Waals surface area contributed by atoms with Gasteiger partial charge in [-0.15, -0.1) is 0 Å². The van der Waals surface area contributed by atoms with Gasteiger partial charge in [0.05, 0.1) is 19.3 Å². The van der Waals surface area contributed by atoms with Gasteiger partial charge in [0, 0.05) is 5.69 Å². The normalized spacial score (nSPS) is 11.0. The van der Waals surface area contributed by atoms with E-state index in [4.69, 9.17) is 9.47 Å². The molecular formula is C17H19NO5S. The summed E-state index contributed by atoms with van der Waals surface area (Å²) in [6.45, 7) is 3.74. The summed E-state index contributed by atoms with van der Waals surface area (Å²) in [4.78, 5) is 11.8. The molecule has 0 aliphatic heterocycles. The standard InChI is InChI=1S/C17H19NO5S/c1-4-23-17(19)13-6-5-7-14(11-13)18-24(20,21)16-10-12(2)8-9-15(16)22-3/h5-11,18H,4H2,1-3H3. The Balaban J connectivity index is 2.35. The van der Waals surface area contributed by atoms with Gasteiger partial charge >= 0.3 is 5.97 Å². The highest BCUT2D eigenvalue weighted by Crippen LogP contribution is 2.27. The Bertz CT molecular complexity index is 846. The molecule has 6 nitrogen and oxygen atoms in total. The van der Waals surface area contributed by atoms with E-state index < -0.39 is 16.0 Å². The second-order valence-corrected chi connectivity index (χ2v) is 6.71. The lowest BCUT2D eigenvalue weighted by molar-refractivity contribution is 0.0526. The van der Waals surface area contributed by atoms with Gasteiger partial charge in [0.15, 0.2) is 0 Å². The highest BCUT2D eigenvalue weighted by atomic mass is 32.2. The van der Waals surface area contributed by atoms with Gasteiger partial charge in [-0.25, -0.2) is 13.2 Å². The third-order valence-electron chi connectivity index (χ3n) is 3.23. The van der Waals surface area contributed by atoms with Gasteiger partial charge in [-0.2, -0.15) is 0 Å². The lowest BCUT2D eigenvalue weighted by Crippen LogP contribution is -2.15. The number of anilines is 1. The molecule has 0 amide bonds. The minimum absolute atomic E-state index is 0.0338. The number of sulfonamides is 1. The average molecular weight is 349 g/mol. The predicted molar refractivity (Wildman–Crippen MR) is 90.9 cm³/mol. The number of nitrogens with one attached hydrogen (secondary N) is 1. The molecule has 2 rings (SSSR count). The van der Waals surface area contributed by atoms with E-state index in [9.17, 15) is 13.2 Å². The van der Waals surface area contributed by atoms with Crippen molar-refractivity contribution in [3.8, 4) is 5.75 Å². The quantitative estimate of drug-likeness (QED) is 0.811. The second-order valence-electron chi connectivity index (χ2n) is 5.06. The van der Waals surface area contributed by atoms with Crippen LogP contribution in [-0.4, -0.2) is 28.1 Å². The summed E-state index contributed by atoms with van der Waals surface area (Å²) < 4.78 is 37.8. The van der Waals surface area contributed by atoms with E-state index in [1.807, 2.05) is 0 Å². The first-order chi connectivity index (χ1) is 11.4. The molecule has 1 N–H and O–H groups in total. The second kappa shape index (κ2) is 7.35. The van der Waals surface area contributed by atoms with Crippen molar-refractivity contribution in [1.82, 2.24) is 0 Å². The molecule has 0 aliphatic carbocycles. The highest BCUT2D eigenvalue weighted by molar-refractivity contribution is 7.92. The van der Waals surface area contributed by atoms with Crippen LogP contribution in [-0.2, 0) is 14.8 Å². The molecule has 0 saturated heterocycles. The largest absolute Gasteiger partial charge is 0.495 e. The van der Waals surface area contributed by atoms with Crippen LogP contribution >= 0.6 is 0 Å². The van der Waals surface area contributed by atoms with Crippen molar-refractivity contribution in [2.24, 2.45) is 0 Å². The molecule has 0 aromatic heterocycles. The summed E-state index contributed by atoms with van der Waals surface area (Å²) in [6.07, 6.45) is 0. The molecule has 0 spiro atoms. The van der Waals surface area contributed by atoms with Crippen LogP contribution in [0.2, 0.25) is 0 Å². The maximum absolute atomic E-state index is 12.6. The Morgan fingerprint density at radius 1 is 1.17 bits per heavy atom. The van der Waals surface area contributed by atoms with Gasteiger partial charge in [0.1, 0.15) is 10.6 Å². The molecule has 2 aromatic carbocycles. The Morgan fingerprint density at radius 2 is 1.92 bits per heavy atom. The molecule has 0 radical (unpaired) electrons. The monoisotopic (exact) mass is 349 g/mol. The van der Waals surface area contributed by atoms with E-state index in [0.717, 1.165) is 5.56 Å². The van der Waals surface area contributed by atoms with Crippen molar-refractivity contribution in [1.29, 1.82) is 0 Å². The van der Waals surface area contributed by atoms with Crippen molar-refractivity contribution in [2.45, 2.75) is 18.7 Å². The van der Waals surface area contributed by atoms with Crippen LogP contribution in [0.15, 0.2) is 47.4 Å². The van der Waals surface area contributed by atoms with E-state index in [-0.39, 0.29) is 28.5 Å². The molecule has 2 aromatic rings. The van der Waals surface area contributed by atoms with Gasteiger partial charge in [0.2, 0.25) is 0 Å². The van der Waals surface area contributed by atoms with Gasteiger partial charge in [-0.05, 0) is 49.7 Å². The van der Waals surface area contributed by atoms with Crippen molar-refractivity contribution >= 4 is 21.7 Å². The van der Waals surface area contributed by atoms with Crippen LogP contribution in [0, 0.1) is 6.92 Å². The Hall–Kier alpha value is -2.54. The lowest BCUT2D eigenvalue weighted by atomic mass is 10.2. The van der Waals surface area contributed by atoms with Crippen molar-refractivity contribution in [2.75, 3.05) is 18.4 Å². The van der Waals surface area contributed by atoms with Gasteiger partial charge in [-0.1, -0.05) is 12.1 Å². The summed E-state index contributed by atoms with van der Waals surface area (Å²) >= 11 is 0. The molecular weight excluding hydrogens is 330 g/mol. The number of aryl methyl sites for hydroxylation is 1. The molecule has 128 valence electrons.